The van der Waals surface area contributed by atoms with Crippen molar-refractivity contribution >= 4 is 44.6 Å². The van der Waals surface area contributed by atoms with Crippen LogP contribution in [0.2, 0.25) is 0 Å². The van der Waals surface area contributed by atoms with E-state index in [1.807, 2.05) is 21.9 Å². The first-order valence-electron chi connectivity index (χ1n) is 9.29. The fourth-order valence-electron chi connectivity index (χ4n) is 3.43. The second-order valence-electron chi connectivity index (χ2n) is 6.71. The van der Waals surface area contributed by atoms with Crippen LogP contribution in [0.3, 0.4) is 0 Å². The molecule has 0 spiro atoms. The van der Waals surface area contributed by atoms with Gasteiger partial charge in [0.25, 0.3) is 0 Å². The van der Waals surface area contributed by atoms with Crippen molar-refractivity contribution in [1.82, 2.24) is 9.97 Å². The Hall–Kier alpha value is -3.27. The van der Waals surface area contributed by atoms with E-state index in [-0.39, 0.29) is 23.1 Å². The van der Waals surface area contributed by atoms with Gasteiger partial charge in [-0.15, -0.1) is 0 Å². The van der Waals surface area contributed by atoms with Crippen LogP contribution in [0.25, 0.3) is 0 Å². The summed E-state index contributed by atoms with van der Waals surface area (Å²) >= 11 is 3.38. The zero-order chi connectivity index (χ0) is 21.1. The summed E-state index contributed by atoms with van der Waals surface area (Å²) in [6.07, 6.45) is 1.31. The van der Waals surface area contributed by atoms with E-state index >= 15 is 0 Å². The van der Waals surface area contributed by atoms with Gasteiger partial charge in [0.15, 0.2) is 0 Å². The Morgan fingerprint density at radius 3 is 2.47 bits per heavy atom. The van der Waals surface area contributed by atoms with Gasteiger partial charge in [-0.1, -0.05) is 34.1 Å². The maximum Gasteiger partial charge on any atom is 0.353 e. The second kappa shape index (κ2) is 8.62. The number of anilines is 4. The molecule has 3 aromatic rings. The summed E-state index contributed by atoms with van der Waals surface area (Å²) in [7, 11) is 0. The molecule has 2 heterocycles. The summed E-state index contributed by atoms with van der Waals surface area (Å²) in [4.78, 5) is 23.4. The molecule has 8 nitrogen and oxygen atoms in total. The lowest BCUT2D eigenvalue weighted by atomic mass is 10.2. The highest BCUT2D eigenvalue weighted by Crippen LogP contribution is 2.34. The molecule has 0 aliphatic carbocycles. The molecule has 1 saturated heterocycles. The van der Waals surface area contributed by atoms with Gasteiger partial charge >= 0.3 is 5.69 Å². The van der Waals surface area contributed by atoms with Gasteiger partial charge in [0.05, 0.1) is 10.6 Å². The molecule has 1 aliphatic rings. The minimum Gasteiger partial charge on any atom is -0.366 e. The van der Waals surface area contributed by atoms with Crippen LogP contribution in [0.5, 0.6) is 0 Å². The highest BCUT2D eigenvalue weighted by molar-refractivity contribution is 9.10. The number of halogens is 2. The van der Waals surface area contributed by atoms with Crippen molar-refractivity contribution in [3.05, 3.63) is 75.3 Å². The van der Waals surface area contributed by atoms with E-state index in [2.05, 4.69) is 31.2 Å². The molecule has 1 fully saturated rings. The highest BCUT2D eigenvalue weighted by atomic mass is 79.9. The normalized spacial score (nSPS) is 13.9. The summed E-state index contributed by atoms with van der Waals surface area (Å²) in [5.74, 6) is 0.0970. The second-order valence-corrected chi connectivity index (χ2v) is 7.63. The Kier molecular flexibility index (Phi) is 5.75. The maximum absolute atomic E-state index is 14.1. The van der Waals surface area contributed by atoms with Crippen molar-refractivity contribution in [2.75, 3.05) is 41.3 Å². The summed E-state index contributed by atoms with van der Waals surface area (Å²) in [5, 5.41) is 14.9. The molecule has 0 unspecified atom stereocenters. The molecule has 0 atom stereocenters. The van der Waals surface area contributed by atoms with Gasteiger partial charge in [-0.3, -0.25) is 10.1 Å². The van der Waals surface area contributed by atoms with Gasteiger partial charge < -0.3 is 15.1 Å². The molecular weight excluding hydrogens is 455 g/mol. The monoisotopic (exact) mass is 472 g/mol. The van der Waals surface area contributed by atoms with Crippen molar-refractivity contribution < 1.29 is 9.31 Å². The van der Waals surface area contributed by atoms with Crippen molar-refractivity contribution in [2.45, 2.75) is 0 Å². The summed E-state index contributed by atoms with van der Waals surface area (Å²) in [6.45, 7) is 2.00. The van der Waals surface area contributed by atoms with Crippen LogP contribution in [0.15, 0.2) is 59.3 Å². The number of hydrogen-bond acceptors (Lipinski definition) is 7. The number of benzene rings is 2. The van der Waals surface area contributed by atoms with Gasteiger partial charge in [-0.2, -0.15) is 0 Å². The van der Waals surface area contributed by atoms with Gasteiger partial charge in [0.2, 0.25) is 11.6 Å². The summed E-state index contributed by atoms with van der Waals surface area (Å²) < 4.78 is 14.9. The molecule has 1 N–H and O–H groups in total. The molecule has 0 amide bonds. The first-order valence-corrected chi connectivity index (χ1v) is 10.1. The van der Waals surface area contributed by atoms with Crippen LogP contribution < -0.4 is 15.1 Å². The summed E-state index contributed by atoms with van der Waals surface area (Å²) in [6, 6.07) is 13.9. The molecule has 0 saturated carbocycles. The Labute approximate surface area is 180 Å². The molecule has 10 heteroatoms. The molecule has 154 valence electrons. The molecule has 0 radical (unpaired) electrons. The first-order chi connectivity index (χ1) is 14.5. The molecule has 2 aromatic carbocycles. The highest BCUT2D eigenvalue weighted by Gasteiger charge is 2.29. The van der Waals surface area contributed by atoms with E-state index in [1.54, 1.807) is 30.3 Å². The van der Waals surface area contributed by atoms with Gasteiger partial charge in [-0.25, -0.2) is 14.4 Å². The summed E-state index contributed by atoms with van der Waals surface area (Å²) in [5.41, 5.74) is 1.02. The lowest BCUT2D eigenvalue weighted by Gasteiger charge is -2.36. The Balaban J connectivity index is 1.57. The number of para-hydroxylation sites is 1. The zero-order valence-corrected chi connectivity index (χ0v) is 17.4. The quantitative estimate of drug-likeness (QED) is 0.435. The fourth-order valence-corrected chi connectivity index (χ4v) is 3.83. The zero-order valence-electron chi connectivity index (χ0n) is 15.8. The average Bonchev–Trinajstić information content (AvgIpc) is 2.74. The van der Waals surface area contributed by atoms with Crippen LogP contribution in [-0.4, -0.2) is 41.1 Å². The average molecular weight is 473 g/mol. The smallest absolute Gasteiger partial charge is 0.353 e. The van der Waals surface area contributed by atoms with Gasteiger partial charge in [0, 0.05) is 36.3 Å². The van der Waals surface area contributed by atoms with Crippen LogP contribution in [0, 0.1) is 15.9 Å². The lowest BCUT2D eigenvalue weighted by Crippen LogP contribution is -2.47. The molecule has 30 heavy (non-hydrogen) atoms. The SMILES string of the molecule is O=[N+]([O-])c1c(Nc2cccc(Br)c2)ncnc1N1CCN(c2ccccc2F)CC1. The Morgan fingerprint density at radius 2 is 1.77 bits per heavy atom. The third-order valence-electron chi connectivity index (χ3n) is 4.85. The Bertz CT molecular complexity index is 1070. The molecule has 0 bridgehead atoms. The fraction of sp³-hybridized carbons (Fsp3) is 0.200. The first kappa shape index (κ1) is 20.0. The number of nitro groups is 1. The van der Waals surface area contributed by atoms with Crippen molar-refractivity contribution in [3.8, 4) is 0 Å². The van der Waals surface area contributed by atoms with E-state index < -0.39 is 4.92 Å². The van der Waals surface area contributed by atoms with Crippen LogP contribution in [-0.2, 0) is 0 Å². The van der Waals surface area contributed by atoms with E-state index in [1.165, 1.54) is 12.4 Å². The minimum absolute atomic E-state index is 0.125. The number of piperazine rings is 1. The topological polar surface area (TPSA) is 87.4 Å². The van der Waals surface area contributed by atoms with Crippen molar-refractivity contribution in [3.63, 3.8) is 0 Å². The van der Waals surface area contributed by atoms with Crippen LogP contribution >= 0.6 is 15.9 Å². The minimum atomic E-state index is -0.473. The number of rotatable bonds is 5. The predicted molar refractivity (Wildman–Crippen MR) is 117 cm³/mol. The standard InChI is InChI=1S/C20H18BrFN6O2/c21-14-4-3-5-15(12-14)25-19-18(28(29)30)20(24-13-23-19)27-10-8-26(9-11-27)17-7-2-1-6-16(17)22/h1-7,12-13H,8-11H2,(H,23,24,25). The molecule has 4 rings (SSSR count). The van der Waals surface area contributed by atoms with E-state index in [4.69, 9.17) is 0 Å². The predicted octanol–water partition coefficient (Wildman–Crippen LogP) is 4.36. The van der Waals surface area contributed by atoms with Crippen molar-refractivity contribution in [2.24, 2.45) is 0 Å². The van der Waals surface area contributed by atoms with Crippen LogP contribution in [0.1, 0.15) is 0 Å². The maximum atomic E-state index is 14.1. The number of hydrogen-bond donors (Lipinski definition) is 1. The number of nitrogens with one attached hydrogen (secondary N) is 1. The molecular formula is C20H18BrFN6O2. The Morgan fingerprint density at radius 1 is 1.03 bits per heavy atom. The van der Waals surface area contributed by atoms with Gasteiger partial charge in [-0.05, 0) is 30.3 Å². The van der Waals surface area contributed by atoms with Gasteiger partial charge in [0.1, 0.15) is 12.1 Å². The number of aromatic nitrogens is 2. The van der Waals surface area contributed by atoms with Crippen molar-refractivity contribution in [1.29, 1.82) is 0 Å². The molecule has 1 aromatic heterocycles. The lowest BCUT2D eigenvalue weighted by molar-refractivity contribution is -0.383. The number of nitrogens with zero attached hydrogens (tertiary/aromatic N) is 5. The molecule has 1 aliphatic heterocycles. The largest absolute Gasteiger partial charge is 0.366 e. The van der Waals surface area contributed by atoms with E-state index in [0.29, 0.717) is 37.6 Å². The third kappa shape index (κ3) is 4.18. The third-order valence-corrected chi connectivity index (χ3v) is 5.34. The van der Waals surface area contributed by atoms with Crippen LogP contribution in [0.4, 0.5) is 33.1 Å². The van der Waals surface area contributed by atoms with E-state index in [9.17, 15) is 14.5 Å². The van der Waals surface area contributed by atoms with E-state index in [0.717, 1.165) is 4.47 Å².